The molecule has 1 fully saturated rings. The average Bonchev–Trinajstić information content (AvgIpc) is 2.75. The molecule has 1 heterocycles. The van der Waals surface area contributed by atoms with Crippen molar-refractivity contribution in [2.45, 2.75) is 56.9 Å². The summed E-state index contributed by atoms with van der Waals surface area (Å²) < 4.78 is 33.2. The molecule has 162 valence electrons. The third kappa shape index (κ3) is 5.21. The van der Waals surface area contributed by atoms with Crippen LogP contribution in [0.25, 0.3) is 0 Å². The summed E-state index contributed by atoms with van der Waals surface area (Å²) in [7, 11) is -3.55. The normalized spacial score (nSPS) is 17.5. The van der Waals surface area contributed by atoms with Crippen molar-refractivity contribution in [1.82, 2.24) is 4.31 Å². The molecule has 1 N–H and O–H groups in total. The van der Waals surface area contributed by atoms with Crippen molar-refractivity contribution in [2.75, 3.05) is 18.5 Å². The van der Waals surface area contributed by atoms with Crippen LogP contribution in [0.15, 0.2) is 53.4 Å². The second kappa shape index (κ2) is 10.1. The zero-order valence-corrected chi connectivity index (χ0v) is 18.5. The molecular weight excluding hydrogens is 400 g/mol. The highest BCUT2D eigenvalue weighted by Crippen LogP contribution is 2.27. The Morgan fingerprint density at radius 2 is 1.87 bits per heavy atom. The first kappa shape index (κ1) is 22.3. The first-order valence-corrected chi connectivity index (χ1v) is 12.0. The van der Waals surface area contributed by atoms with E-state index in [1.165, 1.54) is 12.1 Å². The van der Waals surface area contributed by atoms with E-state index in [4.69, 9.17) is 4.74 Å². The molecule has 0 radical (unpaired) electrons. The Morgan fingerprint density at radius 1 is 1.13 bits per heavy atom. The van der Waals surface area contributed by atoms with E-state index in [0.29, 0.717) is 30.2 Å². The molecule has 1 unspecified atom stereocenters. The molecule has 7 heteroatoms. The molecule has 6 nitrogen and oxygen atoms in total. The third-order valence-electron chi connectivity index (χ3n) is 5.36. The van der Waals surface area contributed by atoms with Crippen LogP contribution in [0.3, 0.4) is 0 Å². The molecule has 2 aromatic rings. The Bertz CT molecular complexity index is 957. The van der Waals surface area contributed by atoms with E-state index in [0.717, 1.165) is 32.1 Å². The number of nitrogens with one attached hydrogen (secondary N) is 1. The summed E-state index contributed by atoms with van der Waals surface area (Å²) in [6, 6.07) is 13.4. The van der Waals surface area contributed by atoms with Gasteiger partial charge in [0.25, 0.3) is 5.91 Å². The number of unbranched alkanes of at least 4 members (excludes halogenated alkanes) is 1. The fraction of sp³-hybridized carbons (Fsp3) is 0.435. The van der Waals surface area contributed by atoms with Crippen LogP contribution >= 0.6 is 0 Å². The largest absolute Gasteiger partial charge is 0.491 e. The van der Waals surface area contributed by atoms with Crippen molar-refractivity contribution in [3.8, 4) is 5.75 Å². The summed E-state index contributed by atoms with van der Waals surface area (Å²) in [5.74, 6) is 0.314. The Labute approximate surface area is 179 Å². The summed E-state index contributed by atoms with van der Waals surface area (Å²) in [4.78, 5) is 12.9. The number of piperidine rings is 1. The maximum Gasteiger partial charge on any atom is 0.255 e. The smallest absolute Gasteiger partial charge is 0.255 e. The van der Waals surface area contributed by atoms with Crippen LogP contribution in [0, 0.1) is 0 Å². The summed E-state index contributed by atoms with van der Waals surface area (Å²) >= 11 is 0. The van der Waals surface area contributed by atoms with Gasteiger partial charge in [-0.3, -0.25) is 4.79 Å². The van der Waals surface area contributed by atoms with Gasteiger partial charge in [0.1, 0.15) is 5.75 Å². The van der Waals surface area contributed by atoms with Crippen molar-refractivity contribution in [1.29, 1.82) is 0 Å². The van der Waals surface area contributed by atoms with Crippen LogP contribution in [0.2, 0.25) is 0 Å². The molecule has 3 rings (SSSR count). The van der Waals surface area contributed by atoms with Crippen LogP contribution in [-0.4, -0.2) is 37.8 Å². The number of para-hydroxylation sites is 2. The number of anilines is 1. The van der Waals surface area contributed by atoms with Gasteiger partial charge in [0.15, 0.2) is 0 Å². The number of amides is 1. The molecule has 0 aromatic heterocycles. The van der Waals surface area contributed by atoms with Gasteiger partial charge in [-0.15, -0.1) is 0 Å². The minimum absolute atomic E-state index is 0.00376. The van der Waals surface area contributed by atoms with Gasteiger partial charge < -0.3 is 10.1 Å². The Kier molecular flexibility index (Phi) is 7.50. The van der Waals surface area contributed by atoms with E-state index in [2.05, 4.69) is 12.2 Å². The van der Waals surface area contributed by atoms with Gasteiger partial charge in [0.2, 0.25) is 10.0 Å². The topological polar surface area (TPSA) is 75.7 Å². The number of rotatable bonds is 8. The monoisotopic (exact) mass is 430 g/mol. The van der Waals surface area contributed by atoms with E-state index >= 15 is 0 Å². The fourth-order valence-corrected chi connectivity index (χ4v) is 5.26. The number of ether oxygens (including phenoxy) is 1. The summed E-state index contributed by atoms with van der Waals surface area (Å²) in [5.41, 5.74) is 0.987. The predicted molar refractivity (Wildman–Crippen MR) is 118 cm³/mol. The molecule has 0 aliphatic carbocycles. The molecule has 0 bridgehead atoms. The summed E-state index contributed by atoms with van der Waals surface area (Å²) in [5, 5.41) is 2.86. The standard InChI is InChI=1S/C23H30N2O4S/c1-3-4-17-29-22-11-6-5-10-21(22)24-23(26)19-12-14-20(15-13-19)30(27,28)25-16-8-7-9-18(25)2/h5-6,10-15,18H,3-4,7-9,16-17H2,1-2H3,(H,24,26). The van der Waals surface area contributed by atoms with Crippen molar-refractivity contribution >= 4 is 21.6 Å². The zero-order chi connectivity index (χ0) is 21.6. The van der Waals surface area contributed by atoms with Crippen LogP contribution < -0.4 is 10.1 Å². The van der Waals surface area contributed by atoms with Gasteiger partial charge in [-0.1, -0.05) is 31.9 Å². The number of benzene rings is 2. The van der Waals surface area contributed by atoms with Gasteiger partial charge in [0, 0.05) is 18.2 Å². The quantitative estimate of drug-likeness (QED) is 0.617. The highest BCUT2D eigenvalue weighted by Gasteiger charge is 2.30. The zero-order valence-electron chi connectivity index (χ0n) is 17.6. The molecule has 0 spiro atoms. The number of carbonyl (C=O) groups is 1. The highest BCUT2D eigenvalue weighted by molar-refractivity contribution is 7.89. The predicted octanol–water partition coefficient (Wildman–Crippen LogP) is 4.68. The minimum atomic E-state index is -3.55. The lowest BCUT2D eigenvalue weighted by atomic mass is 10.1. The molecular formula is C23H30N2O4S. The van der Waals surface area contributed by atoms with E-state index in [-0.39, 0.29) is 16.8 Å². The number of sulfonamides is 1. The lowest BCUT2D eigenvalue weighted by Crippen LogP contribution is -2.41. The SMILES string of the molecule is CCCCOc1ccccc1NC(=O)c1ccc(S(=O)(=O)N2CCCCC2C)cc1. The Hall–Kier alpha value is -2.38. The molecule has 2 aromatic carbocycles. The van der Waals surface area contributed by atoms with E-state index in [9.17, 15) is 13.2 Å². The van der Waals surface area contributed by atoms with Crippen molar-refractivity contribution in [3.63, 3.8) is 0 Å². The number of carbonyl (C=O) groups excluding carboxylic acids is 1. The number of nitrogens with zero attached hydrogens (tertiary/aromatic N) is 1. The van der Waals surface area contributed by atoms with Crippen molar-refractivity contribution in [2.24, 2.45) is 0 Å². The summed E-state index contributed by atoms with van der Waals surface area (Å²) in [6.07, 6.45) is 4.77. The van der Waals surface area contributed by atoms with Gasteiger partial charge in [-0.05, 0) is 62.6 Å². The molecule has 1 aliphatic rings. The number of hydrogen-bond donors (Lipinski definition) is 1. The first-order chi connectivity index (χ1) is 14.4. The van der Waals surface area contributed by atoms with E-state index in [1.54, 1.807) is 22.5 Å². The maximum atomic E-state index is 12.9. The van der Waals surface area contributed by atoms with Gasteiger partial charge >= 0.3 is 0 Å². The average molecular weight is 431 g/mol. The summed E-state index contributed by atoms with van der Waals surface area (Å²) in [6.45, 7) is 5.16. The Balaban J connectivity index is 1.72. The van der Waals surface area contributed by atoms with Crippen molar-refractivity contribution in [3.05, 3.63) is 54.1 Å². The van der Waals surface area contributed by atoms with Gasteiger partial charge in [-0.2, -0.15) is 4.31 Å². The molecule has 30 heavy (non-hydrogen) atoms. The second-order valence-electron chi connectivity index (χ2n) is 7.64. The molecule has 1 amide bonds. The molecule has 0 saturated carbocycles. The lowest BCUT2D eigenvalue weighted by Gasteiger charge is -2.32. The maximum absolute atomic E-state index is 12.9. The fourth-order valence-electron chi connectivity index (χ4n) is 3.56. The van der Waals surface area contributed by atoms with Gasteiger partial charge in [0.05, 0.1) is 17.2 Å². The molecule has 1 saturated heterocycles. The van der Waals surface area contributed by atoms with Gasteiger partial charge in [-0.25, -0.2) is 8.42 Å². The molecule has 1 atom stereocenters. The third-order valence-corrected chi connectivity index (χ3v) is 7.38. The van der Waals surface area contributed by atoms with Crippen LogP contribution in [-0.2, 0) is 10.0 Å². The molecule has 1 aliphatic heterocycles. The first-order valence-electron chi connectivity index (χ1n) is 10.6. The van der Waals surface area contributed by atoms with Crippen LogP contribution in [0.1, 0.15) is 56.3 Å². The second-order valence-corrected chi connectivity index (χ2v) is 9.53. The van der Waals surface area contributed by atoms with Crippen LogP contribution in [0.4, 0.5) is 5.69 Å². The lowest BCUT2D eigenvalue weighted by molar-refractivity contribution is 0.102. The number of hydrogen-bond acceptors (Lipinski definition) is 4. The highest BCUT2D eigenvalue weighted by atomic mass is 32.2. The van der Waals surface area contributed by atoms with E-state index < -0.39 is 10.0 Å². The minimum Gasteiger partial charge on any atom is -0.491 e. The van der Waals surface area contributed by atoms with E-state index in [1.807, 2.05) is 25.1 Å². The van der Waals surface area contributed by atoms with Crippen LogP contribution in [0.5, 0.6) is 5.75 Å². The Morgan fingerprint density at radius 3 is 2.57 bits per heavy atom. The van der Waals surface area contributed by atoms with Crippen molar-refractivity contribution < 1.29 is 17.9 Å².